The van der Waals surface area contributed by atoms with Crippen LogP contribution in [-0.2, 0) is 46.3 Å². The summed E-state index contributed by atoms with van der Waals surface area (Å²) in [6.45, 7) is 5.14. The van der Waals surface area contributed by atoms with E-state index in [1.165, 1.54) is 18.2 Å². The number of primary amides is 1. The second-order valence-corrected chi connectivity index (χ2v) is 15.3. The van der Waals surface area contributed by atoms with E-state index in [4.69, 9.17) is 10.5 Å². The molecule has 61 heavy (non-hydrogen) atoms. The number of fused-ring (bicyclic) bond motifs is 1. The third-order valence-corrected chi connectivity index (χ3v) is 9.26. The molecule has 0 spiro atoms. The van der Waals surface area contributed by atoms with E-state index < -0.39 is 77.8 Å². The number of benzene rings is 3. The molecule has 0 aliphatic heterocycles. The molecule has 3 aromatic carbocycles. The zero-order valence-corrected chi connectivity index (χ0v) is 34.2. The fourth-order valence-electron chi connectivity index (χ4n) is 6.26. The highest BCUT2D eigenvalue weighted by Gasteiger charge is 2.33. The minimum absolute atomic E-state index is 0.00213. The molecule has 0 radical (unpaired) electrons. The highest BCUT2D eigenvalue weighted by molar-refractivity contribution is 5.97. The monoisotopic (exact) mass is 839 g/mol. The fraction of sp³-hybridized carbons (Fsp3) is 0.341. The summed E-state index contributed by atoms with van der Waals surface area (Å²) < 4.78 is 5.44. The number of phenolic OH excluding ortho intramolecular Hbond substituents is 1. The number of rotatable bonds is 21. The SMILES string of the molecule is CC(C)(C)OC(=O)N[C@@H](Cc1c[nH]c2ccccc12)C(=O)N[C@@H](CCCCNC(=O)/C=C/c1ccccc1O)C(=O)N[C@@H](CC(=O)O)C(=O)N[C@@H](Cc1ccccc1)C(N)=O. The van der Waals surface area contributed by atoms with Crippen LogP contribution in [0.5, 0.6) is 5.75 Å². The molecule has 0 aliphatic carbocycles. The van der Waals surface area contributed by atoms with E-state index in [9.17, 15) is 43.8 Å². The van der Waals surface area contributed by atoms with Crippen molar-refractivity contribution in [2.24, 2.45) is 5.73 Å². The summed E-state index contributed by atoms with van der Waals surface area (Å²) >= 11 is 0. The van der Waals surface area contributed by atoms with Crippen LogP contribution in [0.15, 0.2) is 91.1 Å². The van der Waals surface area contributed by atoms with Crippen LogP contribution < -0.4 is 32.3 Å². The molecular weight excluding hydrogens is 787 g/mol. The number of aliphatic carboxylic acids is 1. The summed E-state index contributed by atoms with van der Waals surface area (Å²) in [6.07, 6.45) is 3.13. The Kier molecular flexibility index (Phi) is 17.0. The van der Waals surface area contributed by atoms with Crippen LogP contribution in [0.25, 0.3) is 17.0 Å². The molecule has 0 aliphatic rings. The number of aromatic amines is 1. The highest BCUT2D eigenvalue weighted by Crippen LogP contribution is 2.20. The molecule has 324 valence electrons. The van der Waals surface area contributed by atoms with Gasteiger partial charge in [-0.1, -0.05) is 66.7 Å². The number of carboxylic acids is 1. The molecule has 1 heterocycles. The van der Waals surface area contributed by atoms with Crippen molar-refractivity contribution in [2.75, 3.05) is 6.54 Å². The van der Waals surface area contributed by atoms with Crippen LogP contribution in [-0.4, -0.2) is 93.1 Å². The van der Waals surface area contributed by atoms with E-state index in [2.05, 4.69) is 31.6 Å². The van der Waals surface area contributed by atoms with Gasteiger partial charge in [-0.2, -0.15) is 0 Å². The van der Waals surface area contributed by atoms with E-state index in [0.29, 0.717) is 23.1 Å². The van der Waals surface area contributed by atoms with Gasteiger partial charge in [-0.05, 0) is 69.4 Å². The lowest BCUT2D eigenvalue weighted by Gasteiger charge is -2.26. The predicted octanol–water partition coefficient (Wildman–Crippen LogP) is 2.97. The van der Waals surface area contributed by atoms with Crippen molar-refractivity contribution in [3.05, 3.63) is 108 Å². The van der Waals surface area contributed by atoms with Crippen LogP contribution in [0, 0.1) is 0 Å². The number of carboxylic acid groups (broad SMARTS) is 1. The Morgan fingerprint density at radius 1 is 0.754 bits per heavy atom. The minimum Gasteiger partial charge on any atom is -0.507 e. The number of unbranched alkanes of at least 4 members (excludes halogenated alkanes) is 1. The summed E-state index contributed by atoms with van der Waals surface area (Å²) in [4.78, 5) is 94.6. The molecule has 0 saturated heterocycles. The molecule has 0 fully saturated rings. The second kappa shape index (κ2) is 22.3. The number of amides is 6. The first-order valence-corrected chi connectivity index (χ1v) is 19.7. The quantitative estimate of drug-likeness (QED) is 0.0437. The summed E-state index contributed by atoms with van der Waals surface area (Å²) in [5, 5.41) is 33.3. The molecule has 4 rings (SSSR count). The van der Waals surface area contributed by atoms with Crippen LogP contribution in [0.3, 0.4) is 0 Å². The lowest BCUT2D eigenvalue weighted by molar-refractivity contribution is -0.141. The number of phenols is 1. The Labute approximate surface area is 352 Å². The highest BCUT2D eigenvalue weighted by atomic mass is 16.6. The maximum absolute atomic E-state index is 14.1. The predicted molar refractivity (Wildman–Crippen MR) is 227 cm³/mol. The number of carbonyl (C=O) groups is 7. The minimum atomic E-state index is -1.70. The Balaban J connectivity index is 1.54. The van der Waals surface area contributed by atoms with Gasteiger partial charge in [0.1, 0.15) is 35.5 Å². The summed E-state index contributed by atoms with van der Waals surface area (Å²) in [5.41, 5.74) is 7.25. The average Bonchev–Trinajstić information content (AvgIpc) is 3.61. The largest absolute Gasteiger partial charge is 0.507 e. The number of aromatic nitrogens is 1. The van der Waals surface area contributed by atoms with Crippen LogP contribution in [0.1, 0.15) is 63.1 Å². The maximum atomic E-state index is 14.1. The first-order chi connectivity index (χ1) is 29.0. The first kappa shape index (κ1) is 46.5. The Morgan fingerprint density at radius 2 is 1.38 bits per heavy atom. The number of nitrogens with two attached hydrogens (primary N) is 1. The number of para-hydroxylation sites is 2. The van der Waals surface area contributed by atoms with Crippen molar-refractivity contribution < 1.29 is 48.5 Å². The molecule has 4 atom stereocenters. The maximum Gasteiger partial charge on any atom is 0.408 e. The molecule has 0 unspecified atom stereocenters. The normalized spacial score (nSPS) is 13.3. The van der Waals surface area contributed by atoms with Crippen molar-refractivity contribution in [3.63, 3.8) is 0 Å². The zero-order chi connectivity index (χ0) is 44.5. The molecule has 0 bridgehead atoms. The van der Waals surface area contributed by atoms with Gasteiger partial charge < -0.3 is 52.3 Å². The van der Waals surface area contributed by atoms with E-state index >= 15 is 0 Å². The van der Waals surface area contributed by atoms with Crippen molar-refractivity contribution in [1.29, 1.82) is 0 Å². The van der Waals surface area contributed by atoms with E-state index in [0.717, 1.165) is 10.9 Å². The summed E-state index contributed by atoms with van der Waals surface area (Å²) in [5.74, 6) is -5.46. The van der Waals surface area contributed by atoms with Gasteiger partial charge in [-0.25, -0.2) is 4.79 Å². The Bertz CT molecular complexity index is 2200. The lowest BCUT2D eigenvalue weighted by atomic mass is 10.0. The zero-order valence-electron chi connectivity index (χ0n) is 34.2. The number of ether oxygens (including phenoxy) is 1. The number of hydrogen-bond donors (Lipinski definition) is 9. The van der Waals surface area contributed by atoms with Gasteiger partial charge in [0, 0.05) is 48.1 Å². The van der Waals surface area contributed by atoms with Crippen molar-refractivity contribution in [3.8, 4) is 5.75 Å². The molecular formula is C44H53N7O10. The Hall–Kier alpha value is -7.17. The van der Waals surface area contributed by atoms with Gasteiger partial charge in [0.05, 0.1) is 6.42 Å². The average molecular weight is 840 g/mol. The van der Waals surface area contributed by atoms with Gasteiger partial charge in [0.15, 0.2) is 0 Å². The topological polar surface area (TPSA) is 271 Å². The van der Waals surface area contributed by atoms with Crippen LogP contribution >= 0.6 is 0 Å². The standard InChI is InChI=1S/C44H53N7O10/c1-44(2,3)61-43(60)51-34(24-29-26-47-31-17-9-8-16-30(29)31)41(58)48-32(18-11-12-22-46-37(53)21-20-28-15-7-10-19-36(28)52)40(57)50-35(25-38(54)55)42(59)49-33(39(45)56)23-27-13-5-4-6-14-27/h4-10,13-17,19-21,26,32-35,47,52H,11-12,18,22-25H2,1-3H3,(H2,45,56)(H,46,53)(H,48,58)(H,49,59)(H,50,57)(H,51,60)(H,54,55)/b21-20+/t32-,33-,34-,35-/m0/s1. The van der Waals surface area contributed by atoms with Crippen molar-refractivity contribution >= 4 is 58.6 Å². The number of nitrogens with one attached hydrogen (secondary N) is 6. The summed E-state index contributed by atoms with van der Waals surface area (Å²) in [6, 6.07) is 16.9. The number of hydrogen-bond acceptors (Lipinski definition) is 9. The van der Waals surface area contributed by atoms with E-state index in [-0.39, 0.29) is 38.0 Å². The van der Waals surface area contributed by atoms with Gasteiger partial charge in [0.25, 0.3) is 0 Å². The third-order valence-electron chi connectivity index (χ3n) is 9.26. The Morgan fingerprint density at radius 3 is 2.07 bits per heavy atom. The van der Waals surface area contributed by atoms with Crippen molar-refractivity contribution in [2.45, 2.75) is 89.1 Å². The third kappa shape index (κ3) is 15.5. The number of carbonyl (C=O) groups excluding carboxylic acids is 6. The van der Waals surface area contributed by atoms with Gasteiger partial charge in [-0.15, -0.1) is 0 Å². The van der Waals surface area contributed by atoms with Gasteiger partial charge in [-0.3, -0.25) is 28.8 Å². The molecule has 1 aromatic heterocycles. The number of alkyl carbamates (subject to hydrolysis) is 1. The van der Waals surface area contributed by atoms with Crippen molar-refractivity contribution in [1.82, 2.24) is 31.6 Å². The number of H-pyrrole nitrogens is 1. The first-order valence-electron chi connectivity index (χ1n) is 19.7. The van der Waals surface area contributed by atoms with Crippen LogP contribution in [0.2, 0.25) is 0 Å². The molecule has 17 heteroatoms. The molecule has 10 N–H and O–H groups in total. The van der Waals surface area contributed by atoms with Crippen LogP contribution in [0.4, 0.5) is 4.79 Å². The second-order valence-electron chi connectivity index (χ2n) is 15.3. The molecule has 0 saturated carbocycles. The van der Waals surface area contributed by atoms with Gasteiger partial charge >= 0.3 is 12.1 Å². The molecule has 6 amide bonds. The van der Waals surface area contributed by atoms with Gasteiger partial charge in [0.2, 0.25) is 29.5 Å². The number of aromatic hydroxyl groups is 1. The lowest BCUT2D eigenvalue weighted by Crippen LogP contribution is -2.59. The van der Waals surface area contributed by atoms with E-state index in [1.807, 2.05) is 24.3 Å². The molecule has 4 aromatic rings. The smallest absolute Gasteiger partial charge is 0.408 e. The molecule has 17 nitrogen and oxygen atoms in total. The van der Waals surface area contributed by atoms with E-state index in [1.54, 1.807) is 75.5 Å². The summed E-state index contributed by atoms with van der Waals surface area (Å²) in [7, 11) is 0. The fourth-order valence-corrected chi connectivity index (χ4v) is 6.26.